The highest BCUT2D eigenvalue weighted by Crippen LogP contribution is 2.32. The Bertz CT molecular complexity index is 707. The number of rotatable bonds is 6. The summed E-state index contributed by atoms with van der Waals surface area (Å²) in [5, 5.41) is 2.13. The molecule has 0 unspecified atom stereocenters. The van der Waals surface area contributed by atoms with E-state index >= 15 is 0 Å². The van der Waals surface area contributed by atoms with Crippen LogP contribution in [-0.4, -0.2) is 19.3 Å². The maximum atomic E-state index is 12.8. The third-order valence-corrected chi connectivity index (χ3v) is 6.39. The number of nitrogens with zero attached hydrogens (tertiary/aromatic N) is 1. The summed E-state index contributed by atoms with van der Waals surface area (Å²) < 4.78 is 26.9. The Morgan fingerprint density at radius 3 is 2.38 bits per heavy atom. The minimum atomic E-state index is -3.80. The fourth-order valence-corrected chi connectivity index (χ4v) is 5.11. The molecule has 0 saturated carbocycles. The van der Waals surface area contributed by atoms with Gasteiger partial charge in [0.15, 0.2) is 0 Å². The Labute approximate surface area is 138 Å². The molecule has 3 nitrogen and oxygen atoms in total. The molecule has 0 radical (unpaired) electrons. The van der Waals surface area contributed by atoms with Crippen LogP contribution in [-0.2, 0) is 16.6 Å². The fourth-order valence-electron chi connectivity index (χ4n) is 1.83. The van der Waals surface area contributed by atoms with Crippen LogP contribution in [0.2, 0.25) is 10.0 Å². The SMILES string of the molecule is C=CCN(Cc1cccs1)S(=O)(=O)c1c(Cl)cccc1Cl. The van der Waals surface area contributed by atoms with Crippen LogP contribution in [0.4, 0.5) is 0 Å². The molecule has 0 bridgehead atoms. The van der Waals surface area contributed by atoms with E-state index in [1.54, 1.807) is 6.07 Å². The van der Waals surface area contributed by atoms with Crippen LogP contribution < -0.4 is 0 Å². The van der Waals surface area contributed by atoms with Gasteiger partial charge < -0.3 is 0 Å². The first kappa shape index (κ1) is 16.5. The zero-order valence-electron chi connectivity index (χ0n) is 11.0. The van der Waals surface area contributed by atoms with Crippen molar-refractivity contribution >= 4 is 44.6 Å². The van der Waals surface area contributed by atoms with Crippen LogP contribution in [0.25, 0.3) is 0 Å². The van der Waals surface area contributed by atoms with Crippen molar-refractivity contribution < 1.29 is 8.42 Å². The molecule has 1 aromatic heterocycles. The highest BCUT2D eigenvalue weighted by molar-refractivity contribution is 7.89. The van der Waals surface area contributed by atoms with Gasteiger partial charge in [-0.15, -0.1) is 17.9 Å². The summed E-state index contributed by atoms with van der Waals surface area (Å²) in [7, 11) is -3.80. The van der Waals surface area contributed by atoms with Gasteiger partial charge in [0.1, 0.15) is 4.90 Å². The van der Waals surface area contributed by atoms with Crippen molar-refractivity contribution in [2.45, 2.75) is 11.4 Å². The van der Waals surface area contributed by atoms with Gasteiger partial charge >= 0.3 is 0 Å². The monoisotopic (exact) mass is 361 g/mol. The second-order valence-corrected chi connectivity index (χ2v) is 7.94. The third kappa shape index (κ3) is 3.67. The molecule has 0 N–H and O–H groups in total. The molecular formula is C14H13Cl2NO2S2. The number of hydrogen-bond donors (Lipinski definition) is 0. The van der Waals surface area contributed by atoms with Crippen molar-refractivity contribution in [3.8, 4) is 0 Å². The molecule has 0 aliphatic heterocycles. The summed E-state index contributed by atoms with van der Waals surface area (Å²) in [4.78, 5) is 0.871. The van der Waals surface area contributed by atoms with Gasteiger partial charge in [-0.2, -0.15) is 4.31 Å². The van der Waals surface area contributed by atoms with Crippen LogP contribution in [0, 0.1) is 0 Å². The summed E-state index contributed by atoms with van der Waals surface area (Å²) >= 11 is 13.5. The number of halogens is 2. The van der Waals surface area contributed by atoms with Crippen LogP contribution in [0.3, 0.4) is 0 Å². The van der Waals surface area contributed by atoms with Gasteiger partial charge in [0.25, 0.3) is 0 Å². The molecule has 2 aromatic rings. The van der Waals surface area contributed by atoms with E-state index in [9.17, 15) is 8.42 Å². The molecule has 7 heteroatoms. The average molecular weight is 362 g/mol. The second kappa shape index (κ2) is 6.94. The van der Waals surface area contributed by atoms with Crippen LogP contribution in [0.5, 0.6) is 0 Å². The Balaban J connectivity index is 2.45. The molecule has 0 spiro atoms. The van der Waals surface area contributed by atoms with Crippen LogP contribution in [0.1, 0.15) is 4.88 Å². The molecule has 0 saturated heterocycles. The lowest BCUT2D eigenvalue weighted by Gasteiger charge is -2.21. The molecule has 0 aliphatic rings. The lowest BCUT2D eigenvalue weighted by atomic mass is 10.4. The molecule has 2 rings (SSSR count). The van der Waals surface area contributed by atoms with Gasteiger partial charge in [-0.3, -0.25) is 0 Å². The first-order chi connectivity index (χ1) is 9.96. The Hall–Kier alpha value is -0.850. The van der Waals surface area contributed by atoms with Crippen molar-refractivity contribution in [1.82, 2.24) is 4.31 Å². The van der Waals surface area contributed by atoms with E-state index in [0.29, 0.717) is 0 Å². The molecule has 0 atom stereocenters. The van der Waals surface area contributed by atoms with Gasteiger partial charge in [0, 0.05) is 18.0 Å². The van der Waals surface area contributed by atoms with E-state index in [1.807, 2.05) is 17.5 Å². The molecule has 21 heavy (non-hydrogen) atoms. The van der Waals surface area contributed by atoms with E-state index in [0.717, 1.165) is 4.88 Å². The summed E-state index contributed by atoms with van der Waals surface area (Å²) in [5.41, 5.74) is 0. The van der Waals surface area contributed by atoms with Crippen LogP contribution in [0.15, 0.2) is 53.3 Å². The smallest absolute Gasteiger partial charge is 0.207 e. The minimum Gasteiger partial charge on any atom is -0.207 e. The standard InChI is InChI=1S/C14H13Cl2NO2S2/c1-2-8-17(10-11-5-4-9-20-11)21(18,19)14-12(15)6-3-7-13(14)16/h2-7,9H,1,8,10H2. The van der Waals surface area contributed by atoms with Gasteiger partial charge in [-0.25, -0.2) is 8.42 Å². The Morgan fingerprint density at radius 2 is 1.86 bits per heavy atom. The predicted molar refractivity (Wildman–Crippen MR) is 88.6 cm³/mol. The van der Waals surface area contributed by atoms with E-state index in [4.69, 9.17) is 23.2 Å². The third-order valence-electron chi connectivity index (χ3n) is 2.76. The molecule has 0 aliphatic carbocycles. The van der Waals surface area contributed by atoms with Gasteiger partial charge in [-0.1, -0.05) is 41.4 Å². The quantitative estimate of drug-likeness (QED) is 0.713. The minimum absolute atomic E-state index is 0.0632. The van der Waals surface area contributed by atoms with Crippen molar-refractivity contribution in [2.24, 2.45) is 0 Å². The van der Waals surface area contributed by atoms with Crippen molar-refractivity contribution in [1.29, 1.82) is 0 Å². The van der Waals surface area contributed by atoms with E-state index in [2.05, 4.69) is 6.58 Å². The van der Waals surface area contributed by atoms with Gasteiger partial charge in [0.2, 0.25) is 10.0 Å². The van der Waals surface area contributed by atoms with Crippen molar-refractivity contribution in [3.05, 3.63) is 63.3 Å². The first-order valence-electron chi connectivity index (χ1n) is 6.04. The summed E-state index contributed by atoms with van der Waals surface area (Å²) in [6.07, 6.45) is 1.54. The average Bonchev–Trinajstić information content (AvgIpc) is 2.90. The highest BCUT2D eigenvalue weighted by atomic mass is 35.5. The fraction of sp³-hybridized carbons (Fsp3) is 0.143. The Kier molecular flexibility index (Phi) is 5.46. The molecule has 0 amide bonds. The highest BCUT2D eigenvalue weighted by Gasteiger charge is 2.28. The van der Waals surface area contributed by atoms with Gasteiger partial charge in [-0.05, 0) is 23.6 Å². The number of hydrogen-bond acceptors (Lipinski definition) is 3. The van der Waals surface area contributed by atoms with Crippen molar-refractivity contribution in [2.75, 3.05) is 6.54 Å². The van der Waals surface area contributed by atoms with E-state index in [-0.39, 0.29) is 28.0 Å². The van der Waals surface area contributed by atoms with E-state index in [1.165, 1.54) is 33.9 Å². The van der Waals surface area contributed by atoms with Crippen LogP contribution >= 0.6 is 34.5 Å². The maximum absolute atomic E-state index is 12.8. The molecule has 112 valence electrons. The maximum Gasteiger partial charge on any atom is 0.246 e. The largest absolute Gasteiger partial charge is 0.246 e. The molecular weight excluding hydrogens is 349 g/mol. The summed E-state index contributed by atoms with van der Waals surface area (Å²) in [6.45, 7) is 4.05. The summed E-state index contributed by atoms with van der Waals surface area (Å²) in [5.74, 6) is 0. The zero-order valence-corrected chi connectivity index (χ0v) is 14.1. The van der Waals surface area contributed by atoms with E-state index < -0.39 is 10.0 Å². The second-order valence-electron chi connectivity index (χ2n) is 4.22. The Morgan fingerprint density at radius 1 is 1.19 bits per heavy atom. The zero-order chi connectivity index (χ0) is 15.5. The molecule has 1 aromatic carbocycles. The molecule has 0 fully saturated rings. The normalized spacial score (nSPS) is 11.8. The van der Waals surface area contributed by atoms with Crippen molar-refractivity contribution in [3.63, 3.8) is 0 Å². The summed E-state index contributed by atoms with van der Waals surface area (Å²) in [6, 6.07) is 8.39. The topological polar surface area (TPSA) is 37.4 Å². The number of sulfonamides is 1. The molecule has 1 heterocycles. The first-order valence-corrected chi connectivity index (χ1v) is 9.12. The van der Waals surface area contributed by atoms with Gasteiger partial charge in [0.05, 0.1) is 10.0 Å². The predicted octanol–water partition coefficient (Wildman–Crippen LogP) is 4.43. The number of thiophene rings is 1. The number of benzene rings is 1. The lowest BCUT2D eigenvalue weighted by molar-refractivity contribution is 0.441. The lowest BCUT2D eigenvalue weighted by Crippen LogP contribution is -2.31.